The largest absolute Gasteiger partial charge is 0.508 e. The lowest BCUT2D eigenvalue weighted by Crippen LogP contribution is -2.71. The summed E-state index contributed by atoms with van der Waals surface area (Å²) in [5.74, 6) is -3.98. The summed E-state index contributed by atoms with van der Waals surface area (Å²) in [6.07, 6.45) is 3.26. The first-order valence-electron chi connectivity index (χ1n) is 14.5. The second kappa shape index (κ2) is 13.4. The number of carbonyl (C=O) groups is 6. The van der Waals surface area contributed by atoms with Gasteiger partial charge < -0.3 is 25.7 Å². The number of amides is 6. The normalized spacial score (nSPS) is 19.9. The van der Waals surface area contributed by atoms with Crippen molar-refractivity contribution in [2.75, 3.05) is 31.1 Å². The van der Waals surface area contributed by atoms with Gasteiger partial charge in [0.05, 0.1) is 0 Å². The van der Waals surface area contributed by atoms with Crippen LogP contribution in [0.4, 0.5) is 4.79 Å². The molecule has 3 aromatic rings. The molecule has 0 radical (unpaired) electrons. The number of aromatic hydroxyl groups is 1. The molecule has 18 nitrogen and oxygen atoms in total. The number of hydrogen-bond acceptors (Lipinski definition) is 12. The van der Waals surface area contributed by atoms with Crippen molar-refractivity contribution < 1.29 is 39.0 Å². The number of piperazine rings is 1. The molecule has 5 N–H and O–H groups in total. The van der Waals surface area contributed by atoms with E-state index in [2.05, 4.69) is 30.9 Å². The van der Waals surface area contributed by atoms with Crippen LogP contribution in [0.5, 0.6) is 5.75 Å². The van der Waals surface area contributed by atoms with Gasteiger partial charge in [0.15, 0.2) is 0 Å². The number of phenols is 1. The smallest absolute Gasteiger partial charge is 0.352 e. The number of thioether (sulfide) groups is 2. The summed E-state index contributed by atoms with van der Waals surface area (Å²) in [5, 5.41) is 35.5. The van der Waals surface area contributed by atoms with Gasteiger partial charge in [0.2, 0.25) is 17.0 Å². The van der Waals surface area contributed by atoms with Crippen molar-refractivity contribution >= 4 is 59.2 Å². The molecule has 6 rings (SSSR count). The Morgan fingerprint density at radius 1 is 1.15 bits per heavy atom. The molecule has 1 aromatic carbocycles. The van der Waals surface area contributed by atoms with Crippen molar-refractivity contribution in [3.8, 4) is 11.7 Å². The lowest BCUT2D eigenvalue weighted by molar-refractivity contribution is -0.153. The second-order valence-corrected chi connectivity index (χ2v) is 12.7. The monoisotopic (exact) mass is 696 g/mol. The van der Waals surface area contributed by atoms with Crippen LogP contribution >= 0.6 is 23.5 Å². The van der Waals surface area contributed by atoms with E-state index in [1.54, 1.807) is 25.4 Å². The number of H-pyrrole nitrogens is 1. The predicted octanol–water partition coefficient (Wildman–Crippen LogP) is -0.332. The minimum absolute atomic E-state index is 0.0877. The third kappa shape index (κ3) is 6.18. The fraction of sp³-hybridized carbons (Fsp3) is 0.321. The minimum atomic E-state index is -1.44. The van der Waals surface area contributed by atoms with E-state index in [-0.39, 0.29) is 48.1 Å². The molecule has 0 aliphatic carbocycles. The van der Waals surface area contributed by atoms with Crippen LogP contribution in [-0.4, -0.2) is 128 Å². The number of β-lactam (4-membered cyclic amide) rings is 1. The van der Waals surface area contributed by atoms with Crippen molar-refractivity contribution in [3.63, 3.8) is 0 Å². The highest BCUT2D eigenvalue weighted by atomic mass is 32.2. The Kier molecular flexibility index (Phi) is 9.09. The number of urea groups is 1. The number of aliphatic carboxylic acids is 1. The molecule has 6 amide bonds. The summed E-state index contributed by atoms with van der Waals surface area (Å²) in [7, 11) is 0. The zero-order valence-corrected chi connectivity index (χ0v) is 26.7. The number of benzene rings is 1. The van der Waals surface area contributed by atoms with Gasteiger partial charge in [0, 0.05) is 43.5 Å². The van der Waals surface area contributed by atoms with Gasteiger partial charge in [-0.1, -0.05) is 23.9 Å². The molecule has 250 valence electrons. The molecule has 2 unspecified atom stereocenters. The number of nitrogens with zero attached hydrogens (tertiary/aromatic N) is 7. The summed E-state index contributed by atoms with van der Waals surface area (Å²) in [4.78, 5) is 84.9. The number of carboxylic acids is 1. The van der Waals surface area contributed by atoms with E-state index in [9.17, 15) is 39.0 Å². The molecular formula is C28H28N10O8S2. The van der Waals surface area contributed by atoms with E-state index in [0.29, 0.717) is 21.6 Å². The van der Waals surface area contributed by atoms with Gasteiger partial charge in [-0.25, -0.2) is 19.4 Å². The van der Waals surface area contributed by atoms with Crippen molar-refractivity contribution in [3.05, 3.63) is 59.6 Å². The van der Waals surface area contributed by atoms with Crippen LogP contribution in [0.15, 0.2) is 59.2 Å². The average Bonchev–Trinajstić information content (AvgIpc) is 3.79. The number of carbonyl (C=O) groups excluding carboxylic acids is 5. The first-order valence-corrected chi connectivity index (χ1v) is 16.6. The van der Waals surface area contributed by atoms with E-state index < -0.39 is 53.1 Å². The number of aromatic nitrogens is 5. The number of aromatic amines is 1. The summed E-state index contributed by atoms with van der Waals surface area (Å²) >= 11 is 2.44. The number of phenolic OH excluding ortho intramolecular Hbond substituents is 1. The molecule has 0 spiro atoms. The summed E-state index contributed by atoms with van der Waals surface area (Å²) in [5.41, 5.74) is 0.494. The van der Waals surface area contributed by atoms with E-state index in [0.717, 1.165) is 4.90 Å². The van der Waals surface area contributed by atoms with Crippen molar-refractivity contribution in [1.29, 1.82) is 0 Å². The number of rotatable bonds is 10. The molecule has 48 heavy (non-hydrogen) atoms. The minimum Gasteiger partial charge on any atom is -0.508 e. The molecule has 0 saturated carbocycles. The van der Waals surface area contributed by atoms with E-state index in [1.807, 2.05) is 0 Å². The van der Waals surface area contributed by atoms with Crippen LogP contribution < -0.4 is 10.6 Å². The van der Waals surface area contributed by atoms with Crippen molar-refractivity contribution in [2.24, 2.45) is 0 Å². The van der Waals surface area contributed by atoms with Gasteiger partial charge in [-0.15, -0.1) is 16.9 Å². The number of nitrogens with one attached hydrogen (secondary N) is 3. The Bertz CT molecular complexity index is 1810. The van der Waals surface area contributed by atoms with Gasteiger partial charge in [-0.05, 0) is 36.3 Å². The van der Waals surface area contributed by atoms with Gasteiger partial charge in [-0.2, -0.15) is 10.1 Å². The van der Waals surface area contributed by atoms with Gasteiger partial charge >= 0.3 is 23.8 Å². The van der Waals surface area contributed by atoms with E-state index in [1.165, 1.54) is 57.4 Å². The Hall–Kier alpha value is -5.37. The number of carboxylic acid groups (broad SMARTS) is 1. The fourth-order valence-corrected chi connectivity index (χ4v) is 7.60. The average molecular weight is 697 g/mol. The van der Waals surface area contributed by atoms with Crippen LogP contribution in [0.25, 0.3) is 5.95 Å². The number of imide groups is 1. The summed E-state index contributed by atoms with van der Waals surface area (Å²) in [6, 6.07) is 3.53. The molecule has 3 atom stereocenters. The van der Waals surface area contributed by atoms with Crippen molar-refractivity contribution in [1.82, 2.24) is 50.3 Å². The Morgan fingerprint density at radius 3 is 2.60 bits per heavy atom. The Labute approximate surface area is 279 Å². The highest BCUT2D eigenvalue weighted by Crippen LogP contribution is 2.41. The topological polar surface area (TPSA) is 236 Å². The number of fused-ring (bicyclic) bond motifs is 1. The molecule has 2 saturated heterocycles. The SMILES string of the molecule is CCN1CCN(C(=O)NC(C(=O)NC2C(=O)N3C(C(=O)O)=C(CSc4n[nH]c(-n5cccn5)n4)CS[C@H]23)c2ccc(O)cc2)C(=O)C1=O. The van der Waals surface area contributed by atoms with Gasteiger partial charge in [-0.3, -0.25) is 29.0 Å². The zero-order chi connectivity index (χ0) is 34.1. The van der Waals surface area contributed by atoms with Crippen molar-refractivity contribution in [2.45, 2.75) is 29.5 Å². The highest BCUT2D eigenvalue weighted by molar-refractivity contribution is 8.01. The first kappa shape index (κ1) is 32.6. The van der Waals surface area contributed by atoms with Crippen LogP contribution in [0.3, 0.4) is 0 Å². The lowest BCUT2D eigenvalue weighted by Gasteiger charge is -2.49. The van der Waals surface area contributed by atoms with Crippen LogP contribution in [0, 0.1) is 0 Å². The first-order chi connectivity index (χ1) is 23.1. The Morgan fingerprint density at radius 2 is 1.92 bits per heavy atom. The maximum Gasteiger partial charge on any atom is 0.352 e. The standard InChI is InChI=1S/C28H28N10O8S2/c1-2-35-10-11-36(23(43)22(35)42)28(46)31-17(14-4-6-16(39)7-5-14)20(40)30-18-21(41)38-19(25(44)45)15(12-47-24(18)38)13-48-27-32-26(33-34-27)37-9-3-8-29-37/h3-9,17-18,24,39H,2,10-13H2,1H3,(H,30,40)(H,31,46)(H,44,45)(H,32,33,34)/t17?,18?,24-/m1/s1. The molecule has 5 heterocycles. The van der Waals surface area contributed by atoms with E-state index >= 15 is 0 Å². The maximum atomic E-state index is 13.6. The quantitative estimate of drug-likeness (QED) is 0.104. The predicted molar refractivity (Wildman–Crippen MR) is 167 cm³/mol. The van der Waals surface area contributed by atoms with Crippen LogP contribution in [-0.2, 0) is 24.0 Å². The molecule has 20 heteroatoms. The number of likely N-dealkylation sites (N-methyl/N-ethyl adjacent to an activating group) is 1. The molecule has 2 aromatic heterocycles. The second-order valence-electron chi connectivity index (χ2n) is 10.6. The van der Waals surface area contributed by atoms with Crippen LogP contribution in [0.1, 0.15) is 18.5 Å². The van der Waals surface area contributed by atoms with Gasteiger partial charge in [0.25, 0.3) is 5.91 Å². The Balaban J connectivity index is 1.15. The molecule has 3 aliphatic rings. The fourth-order valence-electron chi connectivity index (χ4n) is 5.32. The molecule has 3 aliphatic heterocycles. The summed E-state index contributed by atoms with van der Waals surface area (Å²) < 4.78 is 1.49. The van der Waals surface area contributed by atoms with Crippen LogP contribution in [0.2, 0.25) is 0 Å². The third-order valence-electron chi connectivity index (χ3n) is 7.79. The molecular weight excluding hydrogens is 669 g/mol. The zero-order valence-electron chi connectivity index (χ0n) is 25.1. The van der Waals surface area contributed by atoms with E-state index in [4.69, 9.17) is 0 Å². The lowest BCUT2D eigenvalue weighted by atomic mass is 10.0. The summed E-state index contributed by atoms with van der Waals surface area (Å²) in [6.45, 7) is 2.03. The number of hydrogen-bond donors (Lipinski definition) is 5. The highest BCUT2D eigenvalue weighted by Gasteiger charge is 2.54. The van der Waals surface area contributed by atoms with Gasteiger partial charge in [0.1, 0.15) is 28.9 Å². The third-order valence-corrected chi connectivity index (χ3v) is 10.1. The molecule has 0 bridgehead atoms. The molecule has 2 fully saturated rings. The maximum absolute atomic E-state index is 13.6.